The molecule has 0 saturated heterocycles. The Morgan fingerprint density at radius 2 is 1.50 bits per heavy atom. The van der Waals surface area contributed by atoms with E-state index in [4.69, 9.17) is 14.2 Å². The molecule has 4 nitrogen and oxygen atoms in total. The van der Waals surface area contributed by atoms with Crippen LogP contribution in [-0.4, -0.2) is 32.7 Å². The van der Waals surface area contributed by atoms with Gasteiger partial charge in [0.25, 0.3) is 0 Å². The summed E-state index contributed by atoms with van der Waals surface area (Å²) in [7, 11) is 4.74. The lowest BCUT2D eigenvalue weighted by Gasteiger charge is -2.36. The van der Waals surface area contributed by atoms with E-state index in [1.54, 1.807) is 21.3 Å². The minimum absolute atomic E-state index is 0.477. The Bertz CT molecular complexity index is 355. The summed E-state index contributed by atoms with van der Waals surface area (Å²) in [5.41, 5.74) is 0.248. The van der Waals surface area contributed by atoms with Gasteiger partial charge in [-0.1, -0.05) is 26.0 Å². The zero-order chi connectivity index (χ0) is 13.8. The van der Waals surface area contributed by atoms with Crippen LogP contribution in [0.5, 0.6) is 5.75 Å². The highest BCUT2D eigenvalue weighted by molar-refractivity contribution is 5.29. The van der Waals surface area contributed by atoms with Gasteiger partial charge in [-0.2, -0.15) is 0 Å². The number of hydrogen-bond acceptors (Lipinski definition) is 4. The molecule has 1 aromatic rings. The van der Waals surface area contributed by atoms with Crippen LogP contribution in [-0.2, 0) is 9.47 Å². The summed E-state index contributed by atoms with van der Waals surface area (Å²) in [6, 6.07) is 7.33. The first-order valence-electron chi connectivity index (χ1n) is 5.85. The Morgan fingerprint density at radius 1 is 1.00 bits per heavy atom. The van der Waals surface area contributed by atoms with Crippen molar-refractivity contribution in [1.29, 1.82) is 0 Å². The lowest BCUT2D eigenvalue weighted by molar-refractivity contribution is -0.198. The van der Waals surface area contributed by atoms with E-state index in [1.165, 1.54) is 0 Å². The minimum Gasteiger partial charge on any atom is -0.497 e. The highest BCUT2D eigenvalue weighted by atomic mass is 16.7. The van der Waals surface area contributed by atoms with Crippen molar-refractivity contribution in [3.8, 4) is 5.75 Å². The molecule has 0 aromatic heterocycles. The number of aliphatic hydroxyl groups is 1. The van der Waals surface area contributed by atoms with Crippen molar-refractivity contribution >= 4 is 0 Å². The molecule has 0 aliphatic heterocycles. The lowest BCUT2D eigenvalue weighted by atomic mass is 9.82. The van der Waals surface area contributed by atoms with Gasteiger partial charge in [-0.25, -0.2) is 0 Å². The highest BCUT2D eigenvalue weighted by Crippen LogP contribution is 2.38. The number of methoxy groups -OCH3 is 3. The third kappa shape index (κ3) is 3.02. The maximum Gasteiger partial charge on any atom is 0.164 e. The monoisotopic (exact) mass is 254 g/mol. The fourth-order valence-corrected chi connectivity index (χ4v) is 2.05. The van der Waals surface area contributed by atoms with Crippen LogP contribution in [0.3, 0.4) is 0 Å². The maximum absolute atomic E-state index is 10.4. The van der Waals surface area contributed by atoms with Crippen LogP contribution in [0.15, 0.2) is 24.3 Å². The SMILES string of the molecule is COc1ccc([C@@H](O)C(C)(C)C(OC)OC)cc1. The van der Waals surface area contributed by atoms with Gasteiger partial charge in [-0.3, -0.25) is 0 Å². The van der Waals surface area contributed by atoms with Crippen LogP contribution in [0, 0.1) is 5.41 Å². The summed E-state index contributed by atoms with van der Waals surface area (Å²) in [4.78, 5) is 0. The van der Waals surface area contributed by atoms with Crippen molar-refractivity contribution in [2.45, 2.75) is 26.2 Å². The first kappa shape index (κ1) is 15.0. The van der Waals surface area contributed by atoms with Gasteiger partial charge >= 0.3 is 0 Å². The Morgan fingerprint density at radius 3 is 1.89 bits per heavy atom. The van der Waals surface area contributed by atoms with E-state index in [0.29, 0.717) is 0 Å². The average Bonchev–Trinajstić information content (AvgIpc) is 2.39. The Labute approximate surface area is 108 Å². The predicted octanol–water partition coefficient (Wildman–Crippen LogP) is 2.37. The standard InChI is InChI=1S/C14H22O4/c1-14(2,13(17-4)18-5)12(15)10-6-8-11(16-3)9-7-10/h6-9,12-13,15H,1-5H3/t12-/m1/s1. The first-order valence-corrected chi connectivity index (χ1v) is 5.85. The molecule has 0 radical (unpaired) electrons. The molecule has 18 heavy (non-hydrogen) atoms. The van der Waals surface area contributed by atoms with Crippen LogP contribution in [0.1, 0.15) is 25.5 Å². The fraction of sp³-hybridized carbons (Fsp3) is 0.571. The number of aliphatic hydroxyl groups excluding tert-OH is 1. The van der Waals surface area contributed by atoms with Crippen molar-refractivity contribution in [3.63, 3.8) is 0 Å². The van der Waals surface area contributed by atoms with Crippen LogP contribution in [0.4, 0.5) is 0 Å². The lowest BCUT2D eigenvalue weighted by Crippen LogP contribution is -2.38. The Balaban J connectivity index is 2.93. The topological polar surface area (TPSA) is 47.9 Å². The van der Waals surface area contributed by atoms with Gasteiger partial charge in [0, 0.05) is 19.6 Å². The molecule has 0 unspecified atom stereocenters. The second-order valence-corrected chi connectivity index (χ2v) is 4.80. The van der Waals surface area contributed by atoms with Crippen molar-refractivity contribution in [1.82, 2.24) is 0 Å². The summed E-state index contributed by atoms with van der Waals surface area (Å²) < 4.78 is 15.6. The van der Waals surface area contributed by atoms with Gasteiger partial charge in [-0.05, 0) is 17.7 Å². The van der Waals surface area contributed by atoms with E-state index in [2.05, 4.69) is 0 Å². The highest BCUT2D eigenvalue weighted by Gasteiger charge is 2.38. The van der Waals surface area contributed by atoms with Gasteiger partial charge in [0.2, 0.25) is 0 Å². The van der Waals surface area contributed by atoms with Crippen molar-refractivity contribution in [2.75, 3.05) is 21.3 Å². The van der Waals surface area contributed by atoms with Crippen molar-refractivity contribution in [3.05, 3.63) is 29.8 Å². The summed E-state index contributed by atoms with van der Waals surface area (Å²) >= 11 is 0. The van der Waals surface area contributed by atoms with Gasteiger partial charge in [0.1, 0.15) is 5.75 Å². The molecule has 1 N–H and O–H groups in total. The molecular weight excluding hydrogens is 232 g/mol. The Hall–Kier alpha value is -1.10. The number of benzene rings is 1. The van der Waals surface area contributed by atoms with E-state index in [0.717, 1.165) is 11.3 Å². The molecule has 0 aliphatic rings. The van der Waals surface area contributed by atoms with E-state index in [1.807, 2.05) is 38.1 Å². The molecule has 0 spiro atoms. The van der Waals surface area contributed by atoms with E-state index >= 15 is 0 Å². The number of ether oxygens (including phenoxy) is 3. The van der Waals surface area contributed by atoms with E-state index in [9.17, 15) is 5.11 Å². The zero-order valence-electron chi connectivity index (χ0n) is 11.6. The molecule has 0 aliphatic carbocycles. The second-order valence-electron chi connectivity index (χ2n) is 4.80. The molecule has 0 heterocycles. The number of hydrogen-bond donors (Lipinski definition) is 1. The second kappa shape index (κ2) is 6.18. The molecule has 0 saturated carbocycles. The van der Waals surface area contributed by atoms with Crippen LogP contribution in [0.25, 0.3) is 0 Å². The summed E-state index contributed by atoms with van der Waals surface area (Å²) in [5.74, 6) is 0.763. The van der Waals surface area contributed by atoms with Crippen molar-refractivity contribution in [2.24, 2.45) is 5.41 Å². The molecule has 1 rings (SSSR count). The quantitative estimate of drug-likeness (QED) is 0.792. The zero-order valence-corrected chi connectivity index (χ0v) is 11.6. The molecule has 1 atom stereocenters. The molecule has 102 valence electrons. The third-order valence-electron chi connectivity index (χ3n) is 3.17. The molecule has 4 heteroatoms. The molecular formula is C14H22O4. The summed E-state index contributed by atoms with van der Waals surface area (Å²) in [6.07, 6.45) is -1.16. The Kier molecular flexibility index (Phi) is 5.14. The minimum atomic E-state index is -0.687. The fourth-order valence-electron chi connectivity index (χ4n) is 2.05. The third-order valence-corrected chi connectivity index (χ3v) is 3.17. The van der Waals surface area contributed by atoms with E-state index < -0.39 is 17.8 Å². The van der Waals surface area contributed by atoms with Gasteiger partial charge < -0.3 is 19.3 Å². The number of rotatable bonds is 6. The smallest absolute Gasteiger partial charge is 0.164 e. The molecule has 1 aromatic carbocycles. The average molecular weight is 254 g/mol. The summed E-state index contributed by atoms with van der Waals surface area (Å²) in [5, 5.41) is 10.4. The summed E-state index contributed by atoms with van der Waals surface area (Å²) in [6.45, 7) is 3.80. The van der Waals surface area contributed by atoms with Crippen LogP contribution < -0.4 is 4.74 Å². The predicted molar refractivity (Wildman–Crippen MR) is 69.5 cm³/mol. The molecule has 0 fully saturated rings. The molecule has 0 bridgehead atoms. The van der Waals surface area contributed by atoms with Crippen molar-refractivity contribution < 1.29 is 19.3 Å². The van der Waals surface area contributed by atoms with Gasteiger partial charge in [0.15, 0.2) is 6.29 Å². The van der Waals surface area contributed by atoms with E-state index in [-0.39, 0.29) is 0 Å². The van der Waals surface area contributed by atoms with Gasteiger partial charge in [0.05, 0.1) is 13.2 Å². The molecule has 0 amide bonds. The normalized spacial score (nSPS) is 13.7. The van der Waals surface area contributed by atoms with Gasteiger partial charge in [-0.15, -0.1) is 0 Å². The van der Waals surface area contributed by atoms with Crippen LogP contribution >= 0.6 is 0 Å². The largest absolute Gasteiger partial charge is 0.497 e. The maximum atomic E-state index is 10.4. The first-order chi connectivity index (χ1) is 8.47. The van der Waals surface area contributed by atoms with Crippen LogP contribution in [0.2, 0.25) is 0 Å².